The summed E-state index contributed by atoms with van der Waals surface area (Å²) >= 11 is 5.94. The standard InChI is InChI=1S/C18H17ClF3N3O4S/c1-25(2)30(28,29)15-9-12(5-8-14(15)19)17(27)24-13-6-3-11(4-7-13)16(26)23-10-18(20,21)22/h3-9H,10H2,1-2H3,(H,23,26)(H,24,27). The molecule has 2 aromatic carbocycles. The van der Waals surface area contributed by atoms with Crippen LogP contribution in [-0.2, 0) is 10.0 Å². The highest BCUT2D eigenvalue weighted by atomic mass is 35.5. The second-order valence-corrected chi connectivity index (χ2v) is 8.79. The Balaban J connectivity index is 2.14. The van der Waals surface area contributed by atoms with Gasteiger partial charge in [0.2, 0.25) is 10.0 Å². The molecule has 0 aromatic heterocycles. The Bertz CT molecular complexity index is 1060. The van der Waals surface area contributed by atoms with Gasteiger partial charge in [0, 0.05) is 30.9 Å². The summed E-state index contributed by atoms with van der Waals surface area (Å²) in [6, 6.07) is 8.88. The van der Waals surface area contributed by atoms with Gasteiger partial charge in [0.05, 0.1) is 5.02 Å². The Morgan fingerprint density at radius 1 is 1.00 bits per heavy atom. The zero-order chi connectivity index (χ0) is 22.7. The predicted molar refractivity (Wildman–Crippen MR) is 105 cm³/mol. The highest BCUT2D eigenvalue weighted by molar-refractivity contribution is 7.89. The molecule has 7 nitrogen and oxygen atoms in total. The fourth-order valence-electron chi connectivity index (χ4n) is 2.23. The third-order valence-electron chi connectivity index (χ3n) is 3.81. The number of rotatable bonds is 6. The first-order valence-corrected chi connectivity index (χ1v) is 10.1. The average Bonchev–Trinajstić information content (AvgIpc) is 2.66. The molecule has 30 heavy (non-hydrogen) atoms. The van der Waals surface area contributed by atoms with Crippen molar-refractivity contribution in [1.29, 1.82) is 0 Å². The molecule has 12 heteroatoms. The first kappa shape index (κ1) is 23.6. The summed E-state index contributed by atoms with van der Waals surface area (Å²) < 4.78 is 62.0. The molecule has 0 fully saturated rings. The third-order valence-corrected chi connectivity index (χ3v) is 6.10. The molecule has 0 unspecified atom stereocenters. The fourth-order valence-corrected chi connectivity index (χ4v) is 3.62. The van der Waals surface area contributed by atoms with E-state index in [1.165, 1.54) is 50.5 Å². The highest BCUT2D eigenvalue weighted by Gasteiger charge is 2.28. The number of halogens is 4. The van der Waals surface area contributed by atoms with Gasteiger partial charge in [-0.05, 0) is 42.5 Å². The molecule has 0 radical (unpaired) electrons. The van der Waals surface area contributed by atoms with Gasteiger partial charge >= 0.3 is 6.18 Å². The van der Waals surface area contributed by atoms with Crippen molar-refractivity contribution in [2.45, 2.75) is 11.1 Å². The minimum absolute atomic E-state index is 0.0202. The van der Waals surface area contributed by atoms with E-state index in [0.717, 1.165) is 10.4 Å². The Morgan fingerprint density at radius 2 is 1.57 bits per heavy atom. The number of hydrogen-bond acceptors (Lipinski definition) is 4. The van der Waals surface area contributed by atoms with Crippen molar-refractivity contribution in [3.05, 3.63) is 58.6 Å². The van der Waals surface area contributed by atoms with Gasteiger partial charge in [-0.15, -0.1) is 0 Å². The summed E-state index contributed by atoms with van der Waals surface area (Å²) in [6.45, 7) is -1.46. The highest BCUT2D eigenvalue weighted by Crippen LogP contribution is 2.25. The Labute approximate surface area is 175 Å². The largest absolute Gasteiger partial charge is 0.405 e. The normalized spacial score (nSPS) is 12.0. The van der Waals surface area contributed by atoms with E-state index in [9.17, 15) is 31.2 Å². The van der Waals surface area contributed by atoms with Gasteiger partial charge in [-0.1, -0.05) is 11.6 Å². The SMILES string of the molecule is CN(C)S(=O)(=O)c1cc(C(=O)Nc2ccc(C(=O)NCC(F)(F)F)cc2)ccc1Cl. The lowest BCUT2D eigenvalue weighted by Gasteiger charge is -2.14. The third kappa shape index (κ3) is 5.94. The summed E-state index contributed by atoms with van der Waals surface area (Å²) in [7, 11) is -1.22. The second kappa shape index (κ2) is 9.02. The van der Waals surface area contributed by atoms with Crippen molar-refractivity contribution in [3.8, 4) is 0 Å². The van der Waals surface area contributed by atoms with Crippen molar-refractivity contribution >= 4 is 39.1 Å². The second-order valence-electron chi connectivity index (χ2n) is 6.26. The van der Waals surface area contributed by atoms with E-state index in [1.54, 1.807) is 5.32 Å². The lowest BCUT2D eigenvalue weighted by molar-refractivity contribution is -0.123. The van der Waals surface area contributed by atoms with Gasteiger partial charge in [-0.3, -0.25) is 9.59 Å². The van der Waals surface area contributed by atoms with Crippen LogP contribution >= 0.6 is 11.6 Å². The molecular weight excluding hydrogens is 447 g/mol. The maximum Gasteiger partial charge on any atom is 0.405 e. The topological polar surface area (TPSA) is 95.6 Å². The number of alkyl halides is 3. The van der Waals surface area contributed by atoms with E-state index in [0.29, 0.717) is 0 Å². The minimum Gasteiger partial charge on any atom is -0.343 e. The zero-order valence-corrected chi connectivity index (χ0v) is 17.3. The molecule has 0 saturated heterocycles. The molecule has 0 aliphatic carbocycles. The van der Waals surface area contributed by atoms with Gasteiger partial charge in [0.1, 0.15) is 11.4 Å². The fraction of sp³-hybridized carbons (Fsp3) is 0.222. The van der Waals surface area contributed by atoms with Crippen LogP contribution < -0.4 is 10.6 Å². The van der Waals surface area contributed by atoms with Crippen molar-refractivity contribution in [1.82, 2.24) is 9.62 Å². The summed E-state index contributed by atoms with van der Waals surface area (Å²) in [5.41, 5.74) is 0.245. The van der Waals surface area contributed by atoms with Crippen LogP contribution in [-0.4, -0.2) is 51.4 Å². The number of nitrogens with zero attached hydrogens (tertiary/aromatic N) is 1. The van der Waals surface area contributed by atoms with E-state index in [-0.39, 0.29) is 26.7 Å². The average molecular weight is 464 g/mol. The number of carbonyl (C=O) groups is 2. The quantitative estimate of drug-likeness (QED) is 0.688. The number of hydrogen-bond donors (Lipinski definition) is 2. The smallest absolute Gasteiger partial charge is 0.343 e. The van der Waals surface area contributed by atoms with Crippen LogP contribution in [0.5, 0.6) is 0 Å². The monoisotopic (exact) mass is 463 g/mol. The van der Waals surface area contributed by atoms with E-state index in [4.69, 9.17) is 11.6 Å². The molecule has 2 aromatic rings. The van der Waals surface area contributed by atoms with Crippen LogP contribution in [0.25, 0.3) is 0 Å². The minimum atomic E-state index is -4.53. The number of anilines is 1. The Kier molecular flexibility index (Phi) is 7.11. The lowest BCUT2D eigenvalue weighted by atomic mass is 10.1. The molecule has 2 amide bonds. The van der Waals surface area contributed by atoms with Crippen molar-refractivity contribution < 1.29 is 31.2 Å². The van der Waals surface area contributed by atoms with Crippen molar-refractivity contribution in [2.24, 2.45) is 0 Å². The summed E-state index contributed by atoms with van der Waals surface area (Å²) in [5.74, 6) is -1.56. The van der Waals surface area contributed by atoms with E-state index >= 15 is 0 Å². The zero-order valence-electron chi connectivity index (χ0n) is 15.7. The van der Waals surface area contributed by atoms with Gasteiger partial charge < -0.3 is 10.6 Å². The van der Waals surface area contributed by atoms with Crippen LogP contribution in [0.15, 0.2) is 47.4 Å². The molecule has 0 aliphatic rings. The Morgan fingerprint density at radius 3 is 2.10 bits per heavy atom. The first-order valence-electron chi connectivity index (χ1n) is 8.30. The van der Waals surface area contributed by atoms with Gasteiger partial charge in [-0.25, -0.2) is 12.7 Å². The van der Waals surface area contributed by atoms with Crippen LogP contribution in [0, 0.1) is 0 Å². The molecule has 0 aliphatic heterocycles. The van der Waals surface area contributed by atoms with Crippen LogP contribution in [0.1, 0.15) is 20.7 Å². The van der Waals surface area contributed by atoms with Crippen molar-refractivity contribution in [3.63, 3.8) is 0 Å². The van der Waals surface area contributed by atoms with E-state index in [2.05, 4.69) is 5.32 Å². The van der Waals surface area contributed by atoms with Crippen LogP contribution in [0.4, 0.5) is 18.9 Å². The summed E-state index contributed by atoms with van der Waals surface area (Å²) in [4.78, 5) is 23.9. The summed E-state index contributed by atoms with van der Waals surface area (Å²) in [6.07, 6.45) is -4.53. The first-order chi connectivity index (χ1) is 13.8. The van der Waals surface area contributed by atoms with Gasteiger partial charge in [-0.2, -0.15) is 13.2 Å². The number of nitrogens with one attached hydrogen (secondary N) is 2. The molecule has 162 valence electrons. The van der Waals surface area contributed by atoms with E-state index in [1.807, 2.05) is 0 Å². The molecule has 0 atom stereocenters. The maximum atomic E-state index is 12.4. The lowest BCUT2D eigenvalue weighted by Crippen LogP contribution is -2.33. The molecule has 0 heterocycles. The predicted octanol–water partition coefficient (Wildman–Crippen LogP) is 3.13. The van der Waals surface area contributed by atoms with E-state index < -0.39 is 34.6 Å². The molecule has 2 rings (SSSR count). The molecule has 0 bridgehead atoms. The number of amides is 2. The number of benzene rings is 2. The molecule has 2 N–H and O–H groups in total. The maximum absolute atomic E-state index is 12.4. The number of sulfonamides is 1. The van der Waals surface area contributed by atoms with Gasteiger partial charge in [0.15, 0.2) is 0 Å². The molecule has 0 saturated carbocycles. The summed E-state index contributed by atoms with van der Waals surface area (Å²) in [5, 5.41) is 4.19. The number of carbonyl (C=O) groups excluding carboxylic acids is 2. The molecular formula is C18H17ClF3N3O4S. The molecule has 0 spiro atoms. The van der Waals surface area contributed by atoms with Crippen LogP contribution in [0.2, 0.25) is 5.02 Å². The van der Waals surface area contributed by atoms with Crippen LogP contribution in [0.3, 0.4) is 0 Å². The van der Waals surface area contributed by atoms with Crippen molar-refractivity contribution in [2.75, 3.05) is 26.0 Å². The Hall–Kier alpha value is -2.63. The van der Waals surface area contributed by atoms with Gasteiger partial charge in [0.25, 0.3) is 11.8 Å².